The van der Waals surface area contributed by atoms with Gasteiger partial charge in [0.05, 0.1) is 0 Å². The summed E-state index contributed by atoms with van der Waals surface area (Å²) in [5, 5.41) is 7.65. The Morgan fingerprint density at radius 3 is 3.07 bits per heavy atom. The molecule has 1 aromatic heterocycles. The minimum Gasteiger partial charge on any atom is -0.353 e. The number of hydrogen-bond acceptors (Lipinski definition) is 3. The van der Waals surface area contributed by atoms with Crippen LogP contribution in [0.2, 0.25) is 0 Å². The molecule has 0 spiro atoms. The fourth-order valence-electron chi connectivity index (χ4n) is 2.77. The van der Waals surface area contributed by atoms with Crippen molar-refractivity contribution in [2.45, 2.75) is 38.1 Å². The average Bonchev–Trinajstić information content (AvgIpc) is 2.84. The van der Waals surface area contributed by atoms with Crippen molar-refractivity contribution in [2.24, 2.45) is 5.73 Å². The normalized spacial score (nSPS) is 29.9. The van der Waals surface area contributed by atoms with Crippen molar-refractivity contribution in [3.05, 3.63) is 11.3 Å². The third kappa shape index (κ3) is 1.35. The predicted octanol–water partition coefficient (Wildman–Crippen LogP) is 0.997. The maximum Gasteiger partial charge on any atom is 0.153 e. The molecule has 0 aromatic carbocycles. The van der Waals surface area contributed by atoms with Gasteiger partial charge in [0.15, 0.2) is 5.82 Å². The molecule has 82 valence electrons. The minimum absolute atomic E-state index is 0.330. The Bertz CT molecular complexity index is 371. The number of fused-ring (bicyclic) bond motifs is 1. The fraction of sp³-hybridized carbons (Fsp3) is 0.727. The molecule has 1 aromatic rings. The number of anilines is 1. The van der Waals surface area contributed by atoms with E-state index in [1.807, 2.05) is 0 Å². The van der Waals surface area contributed by atoms with Crippen molar-refractivity contribution in [2.75, 3.05) is 18.0 Å². The van der Waals surface area contributed by atoms with E-state index in [0.29, 0.717) is 12.0 Å². The number of nitrogens with two attached hydrogens (primary N) is 1. The summed E-state index contributed by atoms with van der Waals surface area (Å²) in [4.78, 5) is 2.33. The highest BCUT2D eigenvalue weighted by Gasteiger charge is 2.29. The van der Waals surface area contributed by atoms with Crippen molar-refractivity contribution >= 4 is 5.82 Å². The van der Waals surface area contributed by atoms with Gasteiger partial charge >= 0.3 is 0 Å². The van der Waals surface area contributed by atoms with Gasteiger partial charge in [-0.15, -0.1) is 0 Å². The number of hydrogen-bond donors (Lipinski definition) is 2. The van der Waals surface area contributed by atoms with Gasteiger partial charge in [-0.1, -0.05) is 6.92 Å². The van der Waals surface area contributed by atoms with E-state index >= 15 is 0 Å². The maximum absolute atomic E-state index is 5.92. The maximum atomic E-state index is 5.92. The summed E-state index contributed by atoms with van der Waals surface area (Å²) in [6, 6.07) is 0.330. The molecular formula is C11H18N4. The molecule has 0 radical (unpaired) electrons. The molecule has 2 aliphatic rings. The summed E-state index contributed by atoms with van der Waals surface area (Å²) in [5.74, 6) is 1.82. The lowest BCUT2D eigenvalue weighted by molar-refractivity contribution is 0.712. The summed E-state index contributed by atoms with van der Waals surface area (Å²) >= 11 is 0. The molecule has 0 amide bonds. The Hall–Kier alpha value is -1.03. The standard InChI is InChI=1S/C11H18N4/c1-7-2-3-9-10(7)13-14-11(9)15-5-4-8(12)6-15/h7-8H,2-6,12H2,1H3,(H,13,14). The molecule has 2 atom stereocenters. The molecule has 0 bridgehead atoms. The van der Waals surface area contributed by atoms with Gasteiger partial charge in [0.1, 0.15) is 0 Å². The smallest absolute Gasteiger partial charge is 0.153 e. The van der Waals surface area contributed by atoms with Crippen LogP contribution >= 0.6 is 0 Å². The summed E-state index contributed by atoms with van der Waals surface area (Å²) in [7, 11) is 0. The van der Waals surface area contributed by atoms with Crippen LogP contribution in [0, 0.1) is 0 Å². The van der Waals surface area contributed by atoms with Crippen LogP contribution in [0.5, 0.6) is 0 Å². The molecule has 3 rings (SSSR count). The molecule has 4 nitrogen and oxygen atoms in total. The Labute approximate surface area is 89.8 Å². The van der Waals surface area contributed by atoms with Gasteiger partial charge < -0.3 is 10.6 Å². The molecule has 1 aliphatic heterocycles. The van der Waals surface area contributed by atoms with Crippen LogP contribution in [0.3, 0.4) is 0 Å². The highest BCUT2D eigenvalue weighted by molar-refractivity contribution is 5.53. The monoisotopic (exact) mass is 206 g/mol. The molecule has 1 aliphatic carbocycles. The van der Waals surface area contributed by atoms with Crippen LogP contribution in [0.15, 0.2) is 0 Å². The molecule has 15 heavy (non-hydrogen) atoms. The topological polar surface area (TPSA) is 57.9 Å². The largest absolute Gasteiger partial charge is 0.353 e. The third-order valence-electron chi connectivity index (χ3n) is 3.72. The first-order valence-corrected chi connectivity index (χ1v) is 5.83. The van der Waals surface area contributed by atoms with Gasteiger partial charge in [-0.2, -0.15) is 5.10 Å². The van der Waals surface area contributed by atoms with E-state index in [2.05, 4.69) is 22.0 Å². The van der Waals surface area contributed by atoms with Crippen molar-refractivity contribution in [3.8, 4) is 0 Å². The van der Waals surface area contributed by atoms with Crippen LogP contribution in [0.1, 0.15) is 36.9 Å². The summed E-state index contributed by atoms with van der Waals surface area (Å²) in [5.41, 5.74) is 8.72. The minimum atomic E-state index is 0.330. The van der Waals surface area contributed by atoms with Gasteiger partial charge in [-0.05, 0) is 25.2 Å². The van der Waals surface area contributed by atoms with E-state index in [1.165, 1.54) is 29.9 Å². The lowest BCUT2D eigenvalue weighted by Gasteiger charge is -2.15. The zero-order valence-corrected chi connectivity index (χ0v) is 9.16. The molecule has 0 saturated carbocycles. The number of rotatable bonds is 1. The lowest BCUT2D eigenvalue weighted by atomic mass is 10.1. The molecule has 2 heterocycles. The number of H-pyrrole nitrogens is 1. The summed E-state index contributed by atoms with van der Waals surface area (Å²) in [6.45, 7) is 4.29. The zero-order valence-electron chi connectivity index (χ0n) is 9.16. The van der Waals surface area contributed by atoms with Gasteiger partial charge in [0, 0.05) is 30.4 Å². The van der Waals surface area contributed by atoms with Crippen LogP contribution in [-0.4, -0.2) is 29.3 Å². The summed E-state index contributed by atoms with van der Waals surface area (Å²) in [6.07, 6.45) is 3.53. The van der Waals surface area contributed by atoms with E-state index in [-0.39, 0.29) is 0 Å². The van der Waals surface area contributed by atoms with Gasteiger partial charge in [-0.3, -0.25) is 5.10 Å². The Kier molecular flexibility index (Phi) is 1.99. The van der Waals surface area contributed by atoms with Gasteiger partial charge in [0.2, 0.25) is 0 Å². The van der Waals surface area contributed by atoms with E-state index in [0.717, 1.165) is 19.5 Å². The second kappa shape index (κ2) is 3.23. The molecule has 1 fully saturated rings. The first kappa shape index (κ1) is 9.21. The molecular weight excluding hydrogens is 188 g/mol. The van der Waals surface area contributed by atoms with Crippen molar-refractivity contribution in [3.63, 3.8) is 0 Å². The summed E-state index contributed by atoms with van der Waals surface area (Å²) < 4.78 is 0. The second-order valence-electron chi connectivity index (χ2n) is 4.87. The third-order valence-corrected chi connectivity index (χ3v) is 3.72. The Morgan fingerprint density at radius 2 is 2.33 bits per heavy atom. The second-order valence-corrected chi connectivity index (χ2v) is 4.87. The van der Waals surface area contributed by atoms with E-state index in [1.54, 1.807) is 0 Å². The van der Waals surface area contributed by atoms with Crippen LogP contribution in [-0.2, 0) is 6.42 Å². The van der Waals surface area contributed by atoms with Crippen molar-refractivity contribution in [1.29, 1.82) is 0 Å². The Balaban J connectivity index is 1.90. The van der Waals surface area contributed by atoms with Crippen LogP contribution in [0.25, 0.3) is 0 Å². The molecule has 2 unspecified atom stereocenters. The first-order valence-electron chi connectivity index (χ1n) is 5.83. The molecule has 1 saturated heterocycles. The fourth-order valence-corrected chi connectivity index (χ4v) is 2.77. The van der Waals surface area contributed by atoms with E-state index < -0.39 is 0 Å². The zero-order chi connectivity index (χ0) is 10.4. The van der Waals surface area contributed by atoms with Crippen LogP contribution < -0.4 is 10.6 Å². The average molecular weight is 206 g/mol. The lowest BCUT2D eigenvalue weighted by Crippen LogP contribution is -2.27. The highest BCUT2D eigenvalue weighted by Crippen LogP contribution is 2.37. The van der Waals surface area contributed by atoms with Gasteiger partial charge in [-0.25, -0.2) is 0 Å². The number of aromatic amines is 1. The SMILES string of the molecule is CC1CCc2c(N3CCC(N)C3)n[nH]c21. The molecule has 4 heteroatoms. The Morgan fingerprint density at radius 1 is 1.47 bits per heavy atom. The number of nitrogens with one attached hydrogen (secondary N) is 1. The number of nitrogens with zero attached hydrogens (tertiary/aromatic N) is 2. The highest BCUT2D eigenvalue weighted by atomic mass is 15.3. The first-order chi connectivity index (χ1) is 7.25. The van der Waals surface area contributed by atoms with E-state index in [9.17, 15) is 0 Å². The van der Waals surface area contributed by atoms with Crippen molar-refractivity contribution < 1.29 is 0 Å². The van der Waals surface area contributed by atoms with Gasteiger partial charge in [0.25, 0.3) is 0 Å². The van der Waals surface area contributed by atoms with E-state index in [4.69, 9.17) is 5.73 Å². The quantitative estimate of drug-likeness (QED) is 0.720. The van der Waals surface area contributed by atoms with Crippen molar-refractivity contribution in [1.82, 2.24) is 10.2 Å². The van der Waals surface area contributed by atoms with Crippen LogP contribution in [0.4, 0.5) is 5.82 Å². The molecule has 3 N–H and O–H groups in total. The predicted molar refractivity (Wildman–Crippen MR) is 60.1 cm³/mol. The number of aromatic nitrogens is 2.